The van der Waals surface area contributed by atoms with Gasteiger partial charge in [0.1, 0.15) is 11.9 Å². The highest BCUT2D eigenvalue weighted by molar-refractivity contribution is 5.94. The summed E-state index contributed by atoms with van der Waals surface area (Å²) in [4.78, 5) is 26.6. The van der Waals surface area contributed by atoms with Gasteiger partial charge in [-0.15, -0.1) is 0 Å². The third-order valence-corrected chi connectivity index (χ3v) is 4.83. The van der Waals surface area contributed by atoms with Gasteiger partial charge in [-0.05, 0) is 44.0 Å². The van der Waals surface area contributed by atoms with Crippen LogP contribution in [0.4, 0.5) is 4.39 Å². The summed E-state index contributed by atoms with van der Waals surface area (Å²) in [6.07, 6.45) is 1.29. The number of rotatable bonds is 3. The van der Waals surface area contributed by atoms with Crippen molar-refractivity contribution in [3.8, 4) is 0 Å². The number of hydrogen-bond donors (Lipinski definition) is 2. The highest BCUT2D eigenvalue weighted by Gasteiger charge is 2.33. The summed E-state index contributed by atoms with van der Waals surface area (Å²) < 4.78 is 18.5. The van der Waals surface area contributed by atoms with Crippen LogP contribution < -0.4 is 10.6 Å². The van der Waals surface area contributed by atoms with Crippen molar-refractivity contribution < 1.29 is 18.7 Å². The van der Waals surface area contributed by atoms with E-state index in [9.17, 15) is 14.0 Å². The third-order valence-electron chi connectivity index (χ3n) is 4.83. The minimum Gasteiger partial charge on any atom is -0.375 e. The van der Waals surface area contributed by atoms with Gasteiger partial charge in [0.15, 0.2) is 0 Å². The van der Waals surface area contributed by atoms with Crippen molar-refractivity contribution in [2.75, 3.05) is 26.2 Å². The van der Waals surface area contributed by atoms with Gasteiger partial charge in [-0.2, -0.15) is 0 Å². The maximum atomic E-state index is 12.9. The summed E-state index contributed by atoms with van der Waals surface area (Å²) in [7, 11) is 0. The van der Waals surface area contributed by atoms with Crippen LogP contribution in [0.5, 0.6) is 0 Å². The van der Waals surface area contributed by atoms with E-state index in [0.717, 1.165) is 0 Å². The molecule has 1 aromatic rings. The molecule has 2 atom stereocenters. The average molecular weight is 349 g/mol. The first-order valence-corrected chi connectivity index (χ1v) is 8.75. The Morgan fingerprint density at radius 2 is 1.92 bits per heavy atom. The number of amides is 2. The monoisotopic (exact) mass is 349 g/mol. The molecule has 2 aliphatic heterocycles. The molecular weight excluding hydrogens is 325 g/mol. The molecule has 2 saturated heterocycles. The van der Waals surface area contributed by atoms with E-state index in [0.29, 0.717) is 44.6 Å². The lowest BCUT2D eigenvalue weighted by molar-refractivity contribution is -0.140. The number of hydrogen-bond acceptors (Lipinski definition) is 4. The Kier molecular flexibility index (Phi) is 5.65. The quantitative estimate of drug-likeness (QED) is 0.852. The van der Waals surface area contributed by atoms with Gasteiger partial charge in [-0.3, -0.25) is 9.59 Å². The highest BCUT2D eigenvalue weighted by atomic mass is 19.1. The number of nitrogens with one attached hydrogen (secondary N) is 2. The van der Waals surface area contributed by atoms with E-state index < -0.39 is 0 Å². The molecule has 2 amide bonds. The second kappa shape index (κ2) is 7.93. The normalized spacial score (nSPS) is 24.8. The molecule has 25 heavy (non-hydrogen) atoms. The van der Waals surface area contributed by atoms with Gasteiger partial charge in [-0.1, -0.05) is 0 Å². The summed E-state index contributed by atoms with van der Waals surface area (Å²) in [5, 5.41) is 6.18. The number of carbonyl (C=O) groups is 2. The van der Waals surface area contributed by atoms with Crippen molar-refractivity contribution >= 4 is 11.8 Å². The molecule has 0 aliphatic carbocycles. The van der Waals surface area contributed by atoms with Gasteiger partial charge in [0, 0.05) is 31.2 Å². The second-order valence-electron chi connectivity index (χ2n) is 6.59. The first-order chi connectivity index (χ1) is 12.0. The van der Waals surface area contributed by atoms with Crippen LogP contribution in [0.15, 0.2) is 24.3 Å². The lowest BCUT2D eigenvalue weighted by Gasteiger charge is -2.37. The van der Waals surface area contributed by atoms with E-state index in [4.69, 9.17) is 4.74 Å². The number of carbonyl (C=O) groups excluding carboxylic acids is 2. The first kappa shape index (κ1) is 17.8. The van der Waals surface area contributed by atoms with Crippen LogP contribution >= 0.6 is 0 Å². The predicted octanol–water partition coefficient (Wildman–Crippen LogP) is 0.923. The van der Waals surface area contributed by atoms with Gasteiger partial charge in [-0.25, -0.2) is 4.39 Å². The molecular formula is C18H24FN3O3. The molecule has 136 valence electrons. The van der Waals surface area contributed by atoms with Crippen LogP contribution in [-0.4, -0.2) is 61.1 Å². The molecule has 0 aromatic heterocycles. The molecule has 0 saturated carbocycles. The summed E-state index contributed by atoms with van der Waals surface area (Å²) in [6.45, 7) is 4.44. The number of benzene rings is 1. The lowest BCUT2D eigenvalue weighted by Crippen LogP contribution is -2.58. The molecule has 2 N–H and O–H groups in total. The summed E-state index contributed by atoms with van der Waals surface area (Å²) in [5.41, 5.74) is 0.442. The molecule has 2 heterocycles. The summed E-state index contributed by atoms with van der Waals surface area (Å²) in [6, 6.07) is 5.22. The zero-order valence-corrected chi connectivity index (χ0v) is 14.3. The molecule has 3 rings (SSSR count). The van der Waals surface area contributed by atoms with Crippen molar-refractivity contribution in [1.82, 2.24) is 15.5 Å². The zero-order chi connectivity index (χ0) is 17.8. The van der Waals surface area contributed by atoms with Crippen LogP contribution in [0.2, 0.25) is 0 Å². The van der Waals surface area contributed by atoms with Gasteiger partial charge < -0.3 is 20.3 Å². The maximum Gasteiger partial charge on any atom is 0.251 e. The summed E-state index contributed by atoms with van der Waals surface area (Å²) >= 11 is 0. The Morgan fingerprint density at radius 3 is 2.56 bits per heavy atom. The van der Waals surface area contributed by atoms with Gasteiger partial charge >= 0.3 is 0 Å². The lowest BCUT2D eigenvalue weighted by atomic mass is 10.0. The smallest absolute Gasteiger partial charge is 0.251 e. The van der Waals surface area contributed by atoms with E-state index in [1.807, 2.05) is 11.8 Å². The van der Waals surface area contributed by atoms with E-state index in [1.54, 1.807) is 0 Å². The molecule has 0 bridgehead atoms. The number of morpholine rings is 1. The molecule has 0 unspecified atom stereocenters. The van der Waals surface area contributed by atoms with Crippen LogP contribution in [-0.2, 0) is 9.53 Å². The average Bonchev–Trinajstić information content (AvgIpc) is 2.63. The third kappa shape index (κ3) is 4.35. The second-order valence-corrected chi connectivity index (χ2v) is 6.59. The van der Waals surface area contributed by atoms with E-state index in [-0.39, 0.29) is 35.8 Å². The Labute approximate surface area is 146 Å². The van der Waals surface area contributed by atoms with Crippen LogP contribution in [0.3, 0.4) is 0 Å². The Bertz CT molecular complexity index is 614. The molecule has 0 radical (unpaired) electrons. The Hall–Kier alpha value is -1.99. The van der Waals surface area contributed by atoms with E-state index >= 15 is 0 Å². The van der Waals surface area contributed by atoms with Crippen molar-refractivity contribution in [1.29, 1.82) is 0 Å². The Balaban J connectivity index is 1.49. The first-order valence-electron chi connectivity index (χ1n) is 8.75. The molecule has 0 spiro atoms. The number of halogens is 1. The predicted molar refractivity (Wildman–Crippen MR) is 90.7 cm³/mol. The molecule has 6 nitrogen and oxygen atoms in total. The van der Waals surface area contributed by atoms with Gasteiger partial charge in [0.05, 0.1) is 12.7 Å². The molecule has 7 heteroatoms. The van der Waals surface area contributed by atoms with Gasteiger partial charge in [0.25, 0.3) is 5.91 Å². The number of likely N-dealkylation sites (tertiary alicyclic amines) is 1. The largest absolute Gasteiger partial charge is 0.375 e. The zero-order valence-electron chi connectivity index (χ0n) is 14.3. The molecule has 2 aliphatic rings. The van der Waals surface area contributed by atoms with Crippen molar-refractivity contribution in [2.24, 2.45) is 0 Å². The highest BCUT2D eigenvalue weighted by Crippen LogP contribution is 2.15. The SMILES string of the molecule is C[C@H]1OCCN[C@@H]1C(=O)N1CCC(NC(=O)c2ccc(F)cc2)CC1. The van der Waals surface area contributed by atoms with Gasteiger partial charge in [0.2, 0.25) is 5.91 Å². The fourth-order valence-corrected chi connectivity index (χ4v) is 3.32. The van der Waals surface area contributed by atoms with Crippen molar-refractivity contribution in [3.63, 3.8) is 0 Å². The number of nitrogens with zero attached hydrogens (tertiary/aromatic N) is 1. The van der Waals surface area contributed by atoms with Crippen LogP contribution in [0, 0.1) is 5.82 Å². The standard InChI is InChI=1S/C18H24FN3O3/c1-12-16(20-8-11-25-12)18(24)22-9-6-15(7-10-22)21-17(23)13-2-4-14(19)5-3-13/h2-5,12,15-16,20H,6-11H2,1H3,(H,21,23)/t12-,16+/m1/s1. The van der Waals surface area contributed by atoms with E-state index in [2.05, 4.69) is 10.6 Å². The van der Waals surface area contributed by atoms with Crippen molar-refractivity contribution in [2.45, 2.75) is 38.0 Å². The Morgan fingerprint density at radius 1 is 1.24 bits per heavy atom. The van der Waals surface area contributed by atoms with E-state index in [1.165, 1.54) is 24.3 Å². The minimum absolute atomic E-state index is 0.0228. The van der Waals surface area contributed by atoms with Crippen molar-refractivity contribution in [3.05, 3.63) is 35.6 Å². The molecule has 2 fully saturated rings. The fraction of sp³-hybridized carbons (Fsp3) is 0.556. The van der Waals surface area contributed by atoms with Crippen LogP contribution in [0.25, 0.3) is 0 Å². The number of ether oxygens (including phenoxy) is 1. The maximum absolute atomic E-state index is 12.9. The summed E-state index contributed by atoms with van der Waals surface area (Å²) in [5.74, 6) is -0.505. The minimum atomic E-state index is -0.363. The molecule has 1 aromatic carbocycles. The topological polar surface area (TPSA) is 70.7 Å². The number of piperidine rings is 1. The van der Waals surface area contributed by atoms with Crippen LogP contribution in [0.1, 0.15) is 30.1 Å². The fourth-order valence-electron chi connectivity index (χ4n) is 3.32.